The van der Waals surface area contributed by atoms with Gasteiger partial charge in [0, 0.05) is 26.2 Å². The molecule has 0 fully saturated rings. The minimum absolute atomic E-state index is 0.0448. The standard InChI is InChI=1S/C26H22OS2/c27-17-23-24(19-10-3-1-4-11-19)29-25-21-14-8-7-9-18(21)15-16-22(25)26(23)28-20-12-5-2-6-13-20/h1-14,17,23-24,26H,15-16H2. The third-order valence-electron chi connectivity index (χ3n) is 5.80. The maximum atomic E-state index is 12.4. The molecule has 1 nitrogen and oxygen atoms in total. The smallest absolute Gasteiger partial charge is 0.125 e. The van der Waals surface area contributed by atoms with Crippen molar-refractivity contribution in [1.29, 1.82) is 0 Å². The Morgan fingerprint density at radius 3 is 2.28 bits per heavy atom. The monoisotopic (exact) mass is 414 g/mol. The van der Waals surface area contributed by atoms with Crippen molar-refractivity contribution in [2.75, 3.05) is 0 Å². The number of fused-ring (bicyclic) bond motifs is 2. The van der Waals surface area contributed by atoms with E-state index >= 15 is 0 Å². The van der Waals surface area contributed by atoms with E-state index in [1.54, 1.807) is 0 Å². The number of thioether (sulfide) groups is 2. The summed E-state index contributed by atoms with van der Waals surface area (Å²) in [6, 6.07) is 29.8. The lowest BCUT2D eigenvalue weighted by atomic mass is 9.84. The number of aldehydes is 1. The van der Waals surface area contributed by atoms with Gasteiger partial charge in [0.15, 0.2) is 0 Å². The fraction of sp³-hybridized carbons (Fsp3) is 0.192. The largest absolute Gasteiger partial charge is 0.303 e. The lowest BCUT2D eigenvalue weighted by molar-refractivity contribution is -0.111. The van der Waals surface area contributed by atoms with Crippen LogP contribution in [0.3, 0.4) is 0 Å². The van der Waals surface area contributed by atoms with E-state index in [4.69, 9.17) is 0 Å². The Kier molecular flexibility index (Phi) is 5.34. The molecule has 3 aromatic rings. The highest BCUT2D eigenvalue weighted by molar-refractivity contribution is 8.09. The quantitative estimate of drug-likeness (QED) is 0.437. The van der Waals surface area contributed by atoms with Crippen LogP contribution in [0.5, 0.6) is 0 Å². The number of carbonyl (C=O) groups excluding carboxylic acids is 1. The second-order valence-electron chi connectivity index (χ2n) is 7.53. The average molecular weight is 415 g/mol. The molecule has 0 spiro atoms. The fourth-order valence-electron chi connectivity index (χ4n) is 4.39. The summed E-state index contributed by atoms with van der Waals surface area (Å²) < 4.78 is 0. The average Bonchev–Trinajstić information content (AvgIpc) is 2.80. The first kappa shape index (κ1) is 18.8. The van der Waals surface area contributed by atoms with Crippen LogP contribution in [0.1, 0.15) is 28.4 Å². The zero-order chi connectivity index (χ0) is 19.6. The van der Waals surface area contributed by atoms with Crippen molar-refractivity contribution in [3.05, 3.63) is 107 Å². The van der Waals surface area contributed by atoms with Crippen molar-refractivity contribution in [3.8, 4) is 0 Å². The van der Waals surface area contributed by atoms with Crippen molar-refractivity contribution < 1.29 is 4.79 Å². The highest BCUT2D eigenvalue weighted by Gasteiger charge is 2.41. The Hall–Kier alpha value is -2.23. The molecule has 3 atom stereocenters. The summed E-state index contributed by atoms with van der Waals surface area (Å²) in [5.41, 5.74) is 5.48. The van der Waals surface area contributed by atoms with E-state index in [-0.39, 0.29) is 16.4 Å². The molecule has 1 heterocycles. The SMILES string of the molecule is O=CC1C(Sc2ccccc2)C2=C(SC1c1ccccc1)c1ccccc1CC2. The minimum atomic E-state index is -0.0448. The van der Waals surface area contributed by atoms with E-state index in [1.165, 1.54) is 38.4 Å². The summed E-state index contributed by atoms with van der Waals surface area (Å²) >= 11 is 3.75. The van der Waals surface area contributed by atoms with Gasteiger partial charge in [0.2, 0.25) is 0 Å². The molecule has 144 valence electrons. The fourth-order valence-corrected chi connectivity index (χ4v) is 7.56. The first-order chi connectivity index (χ1) is 14.3. The number of hydrogen-bond donors (Lipinski definition) is 0. The molecule has 29 heavy (non-hydrogen) atoms. The summed E-state index contributed by atoms with van der Waals surface area (Å²) in [7, 11) is 0. The van der Waals surface area contributed by atoms with Crippen molar-refractivity contribution in [3.63, 3.8) is 0 Å². The van der Waals surface area contributed by atoms with E-state index < -0.39 is 0 Å². The van der Waals surface area contributed by atoms with Gasteiger partial charge in [-0.25, -0.2) is 0 Å². The molecule has 2 aliphatic rings. The molecule has 5 rings (SSSR count). The maximum absolute atomic E-state index is 12.4. The van der Waals surface area contributed by atoms with Gasteiger partial charge in [0.1, 0.15) is 6.29 Å². The first-order valence-corrected chi connectivity index (χ1v) is 11.8. The Bertz CT molecular complexity index is 1040. The molecule has 3 aromatic carbocycles. The van der Waals surface area contributed by atoms with Crippen molar-refractivity contribution in [2.24, 2.45) is 5.92 Å². The highest BCUT2D eigenvalue weighted by atomic mass is 32.2. The summed E-state index contributed by atoms with van der Waals surface area (Å²) in [5.74, 6) is -0.0448. The normalized spacial score (nSPS) is 23.2. The third-order valence-corrected chi connectivity index (χ3v) is 8.75. The van der Waals surface area contributed by atoms with Gasteiger partial charge >= 0.3 is 0 Å². The predicted octanol–water partition coefficient (Wildman–Crippen LogP) is 6.81. The zero-order valence-corrected chi connectivity index (χ0v) is 17.7. The van der Waals surface area contributed by atoms with Crippen LogP contribution in [-0.2, 0) is 11.2 Å². The summed E-state index contributed by atoms with van der Waals surface area (Å²) in [6.45, 7) is 0. The van der Waals surface area contributed by atoms with Gasteiger partial charge in [-0.2, -0.15) is 0 Å². The van der Waals surface area contributed by atoms with Gasteiger partial charge in [-0.3, -0.25) is 0 Å². The Labute approximate surface area is 180 Å². The van der Waals surface area contributed by atoms with Crippen molar-refractivity contribution >= 4 is 34.7 Å². The van der Waals surface area contributed by atoms with Crippen LogP contribution in [0.25, 0.3) is 4.91 Å². The Morgan fingerprint density at radius 2 is 1.52 bits per heavy atom. The zero-order valence-electron chi connectivity index (χ0n) is 16.0. The van der Waals surface area contributed by atoms with Crippen LogP contribution in [0.2, 0.25) is 0 Å². The molecule has 0 saturated heterocycles. The van der Waals surface area contributed by atoms with Crippen LogP contribution in [-0.4, -0.2) is 11.5 Å². The minimum Gasteiger partial charge on any atom is -0.303 e. The van der Waals surface area contributed by atoms with Gasteiger partial charge in [-0.05, 0) is 47.2 Å². The summed E-state index contributed by atoms with van der Waals surface area (Å²) in [5, 5.41) is 0.310. The molecule has 0 amide bonds. The van der Waals surface area contributed by atoms with Crippen LogP contribution >= 0.6 is 23.5 Å². The van der Waals surface area contributed by atoms with Crippen molar-refractivity contribution in [2.45, 2.75) is 28.2 Å². The number of carbonyl (C=O) groups is 1. The molecular weight excluding hydrogens is 392 g/mol. The van der Waals surface area contributed by atoms with E-state index in [0.29, 0.717) is 0 Å². The molecule has 0 bridgehead atoms. The lowest BCUT2D eigenvalue weighted by Crippen LogP contribution is -2.31. The van der Waals surface area contributed by atoms with E-state index in [9.17, 15) is 4.79 Å². The second-order valence-corrected chi connectivity index (χ2v) is 9.89. The molecular formula is C26H22OS2. The highest BCUT2D eigenvalue weighted by Crippen LogP contribution is 2.58. The van der Waals surface area contributed by atoms with E-state index in [1.807, 2.05) is 35.7 Å². The molecule has 0 N–H and O–H groups in total. The van der Waals surface area contributed by atoms with Gasteiger partial charge in [-0.1, -0.05) is 72.8 Å². The number of benzene rings is 3. The first-order valence-electron chi connectivity index (χ1n) is 10.0. The summed E-state index contributed by atoms with van der Waals surface area (Å²) in [4.78, 5) is 15.0. The van der Waals surface area contributed by atoms with Crippen LogP contribution in [0.4, 0.5) is 0 Å². The van der Waals surface area contributed by atoms with Crippen molar-refractivity contribution in [1.82, 2.24) is 0 Å². The van der Waals surface area contributed by atoms with Crippen LogP contribution < -0.4 is 0 Å². The van der Waals surface area contributed by atoms with Gasteiger partial charge in [0.05, 0.1) is 0 Å². The summed E-state index contributed by atoms with van der Waals surface area (Å²) in [6.07, 6.45) is 3.30. The Morgan fingerprint density at radius 1 is 0.828 bits per heavy atom. The molecule has 3 unspecified atom stereocenters. The molecule has 0 radical (unpaired) electrons. The maximum Gasteiger partial charge on any atom is 0.125 e. The molecule has 1 aliphatic heterocycles. The topological polar surface area (TPSA) is 17.1 Å². The van der Waals surface area contributed by atoms with Crippen LogP contribution in [0, 0.1) is 5.92 Å². The van der Waals surface area contributed by atoms with Gasteiger partial charge in [0.25, 0.3) is 0 Å². The number of hydrogen-bond acceptors (Lipinski definition) is 3. The number of aryl methyl sites for hydroxylation is 1. The third kappa shape index (κ3) is 3.58. The van der Waals surface area contributed by atoms with Crippen LogP contribution in [0.15, 0.2) is 95.4 Å². The Balaban J connectivity index is 1.64. The predicted molar refractivity (Wildman–Crippen MR) is 124 cm³/mol. The van der Waals surface area contributed by atoms with E-state index in [2.05, 4.69) is 72.8 Å². The molecule has 0 aromatic heterocycles. The van der Waals surface area contributed by atoms with Gasteiger partial charge < -0.3 is 4.79 Å². The second kappa shape index (κ2) is 8.25. The van der Waals surface area contributed by atoms with E-state index in [0.717, 1.165) is 12.8 Å². The number of rotatable bonds is 4. The molecule has 3 heteroatoms. The molecule has 1 aliphatic carbocycles. The lowest BCUT2D eigenvalue weighted by Gasteiger charge is -2.40. The van der Waals surface area contributed by atoms with Gasteiger partial charge in [-0.15, -0.1) is 23.5 Å². The molecule has 0 saturated carbocycles.